The van der Waals surface area contributed by atoms with Gasteiger partial charge in [0.15, 0.2) is 5.82 Å². The van der Waals surface area contributed by atoms with Crippen LogP contribution in [0, 0.1) is 18.6 Å². The summed E-state index contributed by atoms with van der Waals surface area (Å²) in [6, 6.07) is 5.82. The highest BCUT2D eigenvalue weighted by molar-refractivity contribution is 6.01. The number of aryl methyl sites for hydroxylation is 2. The first-order valence-electron chi connectivity index (χ1n) is 13.8. The van der Waals surface area contributed by atoms with Crippen LogP contribution in [0.4, 0.5) is 27.8 Å². The number of hydrogen-bond donors (Lipinski definition) is 3. The minimum absolute atomic E-state index is 0.0161. The Morgan fingerprint density at radius 1 is 1.11 bits per heavy atom. The fourth-order valence-corrected chi connectivity index (χ4v) is 5.86. The molecular formula is C30H28F5N5O4. The van der Waals surface area contributed by atoms with Crippen LogP contribution >= 0.6 is 0 Å². The van der Waals surface area contributed by atoms with E-state index in [-0.39, 0.29) is 41.3 Å². The first kappa shape index (κ1) is 30.8. The Morgan fingerprint density at radius 3 is 2.55 bits per heavy atom. The number of piperidine rings is 1. The third kappa shape index (κ3) is 6.06. The Kier molecular flexibility index (Phi) is 8.03. The van der Waals surface area contributed by atoms with Crippen LogP contribution in [0.3, 0.4) is 0 Å². The molecule has 0 saturated carbocycles. The predicted molar refractivity (Wildman–Crippen MR) is 151 cm³/mol. The van der Waals surface area contributed by atoms with Crippen molar-refractivity contribution in [2.75, 3.05) is 18.0 Å². The summed E-state index contributed by atoms with van der Waals surface area (Å²) in [4.78, 5) is 37.4. The number of aliphatic carboxylic acids is 1. The molecule has 0 radical (unpaired) electrons. The van der Waals surface area contributed by atoms with Crippen LogP contribution in [0.5, 0.6) is 5.75 Å². The Morgan fingerprint density at radius 2 is 1.84 bits per heavy atom. The van der Waals surface area contributed by atoms with Crippen molar-refractivity contribution in [2.24, 2.45) is 0 Å². The Bertz CT molecular complexity index is 1800. The van der Waals surface area contributed by atoms with E-state index in [0.717, 1.165) is 12.8 Å². The summed E-state index contributed by atoms with van der Waals surface area (Å²) < 4.78 is 63.2. The van der Waals surface area contributed by atoms with Crippen molar-refractivity contribution in [3.8, 4) is 17.0 Å². The van der Waals surface area contributed by atoms with Gasteiger partial charge < -0.3 is 20.4 Å². The van der Waals surface area contributed by atoms with E-state index in [0.29, 0.717) is 52.9 Å². The lowest BCUT2D eigenvalue weighted by molar-refractivity contribution is -0.192. The molecule has 2 aromatic carbocycles. The van der Waals surface area contributed by atoms with Crippen molar-refractivity contribution in [1.29, 1.82) is 0 Å². The third-order valence-electron chi connectivity index (χ3n) is 7.69. The number of carbonyl (C=O) groups is 2. The lowest BCUT2D eigenvalue weighted by Gasteiger charge is -2.42. The number of aromatic hydroxyl groups is 1. The maximum atomic E-state index is 16.2. The molecule has 3 aliphatic rings. The number of carboxylic acids is 1. The molecule has 232 valence electrons. The van der Waals surface area contributed by atoms with Gasteiger partial charge in [-0.05, 0) is 74.1 Å². The largest absolute Gasteiger partial charge is 0.508 e. The molecule has 2 aromatic heterocycles. The number of nitrogens with one attached hydrogen (secondary N) is 1. The second-order valence-electron chi connectivity index (χ2n) is 11.2. The number of rotatable bonds is 0. The minimum Gasteiger partial charge on any atom is -0.508 e. The molecule has 9 nitrogen and oxygen atoms in total. The second-order valence-corrected chi connectivity index (χ2v) is 11.2. The summed E-state index contributed by atoms with van der Waals surface area (Å²) in [5.41, 5.74) is 0.258. The summed E-state index contributed by atoms with van der Waals surface area (Å²) in [5, 5.41) is 22.2. The molecule has 1 atom stereocenters. The van der Waals surface area contributed by atoms with Crippen LogP contribution in [0.2, 0.25) is 0 Å². The topological polar surface area (TPSA) is 129 Å². The van der Waals surface area contributed by atoms with Gasteiger partial charge in [-0.25, -0.2) is 23.5 Å². The van der Waals surface area contributed by atoms with Crippen molar-refractivity contribution in [3.05, 3.63) is 53.5 Å². The van der Waals surface area contributed by atoms with Crippen molar-refractivity contribution in [3.63, 3.8) is 0 Å². The monoisotopic (exact) mass is 617 g/mol. The Hall–Kier alpha value is -4.62. The Balaban J connectivity index is 0.000000493. The van der Waals surface area contributed by atoms with Crippen LogP contribution in [0.1, 0.15) is 44.0 Å². The van der Waals surface area contributed by atoms with Crippen molar-refractivity contribution in [2.45, 2.75) is 57.7 Å². The average Bonchev–Trinajstić information content (AvgIpc) is 2.93. The molecule has 0 aliphatic carbocycles. The van der Waals surface area contributed by atoms with Gasteiger partial charge in [0, 0.05) is 31.3 Å². The number of pyridine rings is 1. The smallest absolute Gasteiger partial charge is 0.490 e. The van der Waals surface area contributed by atoms with Crippen molar-refractivity contribution < 1.29 is 41.8 Å². The van der Waals surface area contributed by atoms with E-state index in [1.54, 1.807) is 19.2 Å². The first-order valence-corrected chi connectivity index (χ1v) is 13.8. The molecule has 3 aliphatic heterocycles. The van der Waals surface area contributed by atoms with E-state index in [1.165, 1.54) is 18.2 Å². The molecule has 4 aromatic rings. The van der Waals surface area contributed by atoms with Crippen molar-refractivity contribution in [1.82, 2.24) is 20.3 Å². The zero-order chi connectivity index (χ0) is 32.0. The number of fused-ring (bicyclic) bond motifs is 5. The number of carbonyl (C=O) groups excluding carboxylic acids is 1. The van der Waals surface area contributed by atoms with Crippen molar-refractivity contribution >= 4 is 39.4 Å². The lowest BCUT2D eigenvalue weighted by atomic mass is 9.90. The molecule has 5 heterocycles. The van der Waals surface area contributed by atoms with Crippen LogP contribution in [0.25, 0.3) is 32.9 Å². The maximum absolute atomic E-state index is 16.2. The van der Waals surface area contributed by atoms with Gasteiger partial charge in [-0.15, -0.1) is 0 Å². The fourth-order valence-electron chi connectivity index (χ4n) is 5.86. The van der Waals surface area contributed by atoms with Gasteiger partial charge in [-0.1, -0.05) is 6.07 Å². The number of hydrogen-bond acceptors (Lipinski definition) is 7. The number of halogens is 5. The quantitative estimate of drug-likeness (QED) is 0.218. The number of aromatic nitrogens is 3. The molecule has 1 fully saturated rings. The summed E-state index contributed by atoms with van der Waals surface area (Å²) in [5.74, 6) is -3.04. The standard InChI is InChI=1S/C28H27F2N5O2.C2HF3O2/c1-15-32-26-20-13-31-25(24(26)30)19-12-17(36)11-16-7-8-21(29)18(23(16)19)5-3-6-22(37)34-28(2)9-4-10-35(14-28)27(20)33-15;3-2(4,5)1(6)7/h7-8,11-13,36H,3-6,9-10,14H2,1-2H3,(H,34,37);(H,6,7)/t28-;/m1./s1. The molecule has 6 bridgehead atoms. The fraction of sp³-hybridized carbons (Fsp3) is 0.367. The van der Waals surface area contributed by atoms with Crippen LogP contribution in [-0.4, -0.2) is 61.8 Å². The maximum Gasteiger partial charge on any atom is 0.490 e. The molecule has 0 spiro atoms. The van der Waals surface area contributed by atoms with Crippen LogP contribution in [0.15, 0.2) is 30.5 Å². The molecule has 44 heavy (non-hydrogen) atoms. The van der Waals surface area contributed by atoms with Gasteiger partial charge in [0.1, 0.15) is 34.4 Å². The average molecular weight is 618 g/mol. The van der Waals surface area contributed by atoms with Gasteiger partial charge >= 0.3 is 12.1 Å². The van der Waals surface area contributed by atoms with Crippen LogP contribution < -0.4 is 10.2 Å². The van der Waals surface area contributed by atoms with Gasteiger partial charge in [-0.2, -0.15) is 13.2 Å². The number of carboxylic acid groups (broad SMARTS) is 1. The molecule has 14 heteroatoms. The minimum atomic E-state index is -5.08. The highest BCUT2D eigenvalue weighted by Gasteiger charge is 2.38. The SMILES string of the molecule is Cc1nc2c3cnc(c(F)c3n1)-c1cc(O)cc3ccc(F)c(c13)CCCC(=O)N[C@]1(C)CCCN2C1.O=C(O)C(F)(F)F. The third-order valence-corrected chi connectivity index (χ3v) is 7.69. The number of phenols is 1. The number of alkyl halides is 3. The highest BCUT2D eigenvalue weighted by Crippen LogP contribution is 2.39. The highest BCUT2D eigenvalue weighted by atomic mass is 19.4. The summed E-state index contributed by atoms with van der Waals surface area (Å²) in [6.45, 7) is 4.94. The molecule has 0 unspecified atom stereocenters. The number of benzene rings is 2. The van der Waals surface area contributed by atoms with E-state index >= 15 is 8.78 Å². The van der Waals surface area contributed by atoms with Crippen LogP contribution in [-0.2, 0) is 16.0 Å². The van der Waals surface area contributed by atoms with Gasteiger partial charge in [0.2, 0.25) is 5.91 Å². The number of amides is 1. The van der Waals surface area contributed by atoms with Gasteiger partial charge in [-0.3, -0.25) is 9.78 Å². The molecular weight excluding hydrogens is 589 g/mol. The number of phenolic OH excluding ortho intramolecular Hbond substituents is 1. The molecule has 7 rings (SSSR count). The number of anilines is 1. The van der Waals surface area contributed by atoms with Gasteiger partial charge in [0.25, 0.3) is 0 Å². The molecule has 3 N–H and O–H groups in total. The second kappa shape index (κ2) is 11.5. The van der Waals surface area contributed by atoms with Gasteiger partial charge in [0.05, 0.1) is 10.9 Å². The summed E-state index contributed by atoms with van der Waals surface area (Å²) in [6.07, 6.45) is -0.978. The lowest BCUT2D eigenvalue weighted by Crippen LogP contribution is -2.57. The summed E-state index contributed by atoms with van der Waals surface area (Å²) in [7, 11) is 0. The summed E-state index contributed by atoms with van der Waals surface area (Å²) >= 11 is 0. The van der Waals surface area contributed by atoms with E-state index in [9.17, 15) is 23.1 Å². The normalized spacial score (nSPS) is 18.7. The Labute approximate surface area is 247 Å². The zero-order valence-corrected chi connectivity index (χ0v) is 23.7. The van der Waals surface area contributed by atoms with E-state index in [4.69, 9.17) is 9.90 Å². The van der Waals surface area contributed by atoms with E-state index in [2.05, 4.69) is 25.2 Å². The number of nitrogens with zero attached hydrogens (tertiary/aromatic N) is 4. The zero-order valence-electron chi connectivity index (χ0n) is 23.7. The molecule has 1 saturated heterocycles. The first-order chi connectivity index (χ1) is 20.7. The predicted octanol–water partition coefficient (Wildman–Crippen LogP) is 5.58. The van der Waals surface area contributed by atoms with E-state index in [1.807, 2.05) is 6.92 Å². The van der Waals surface area contributed by atoms with E-state index < -0.39 is 29.3 Å². The molecule has 1 amide bonds.